The second-order valence-corrected chi connectivity index (χ2v) is 9.49. The highest BCUT2D eigenvalue weighted by Gasteiger charge is 2.33. The maximum atomic E-state index is 11.7. The van der Waals surface area contributed by atoms with Gasteiger partial charge in [-0.05, 0) is 46.5 Å². The number of nitrogens with one attached hydrogen (secondary N) is 2. The number of sulfone groups is 1. The molecule has 22 heavy (non-hydrogen) atoms. The summed E-state index contributed by atoms with van der Waals surface area (Å²) < 4.78 is 28.6. The monoisotopic (exact) mass is 334 g/mol. The highest BCUT2D eigenvalue weighted by atomic mass is 32.2. The number of ether oxygens (including phenoxy) is 1. The summed E-state index contributed by atoms with van der Waals surface area (Å²) in [5.74, 6) is 0.782. The number of alkyl carbamates (subject to hydrolysis) is 1. The molecule has 0 bridgehead atoms. The fourth-order valence-electron chi connectivity index (χ4n) is 2.28. The Bertz CT molecular complexity index is 466. The lowest BCUT2D eigenvalue weighted by molar-refractivity contribution is 0.0520. The molecule has 0 aromatic carbocycles. The van der Waals surface area contributed by atoms with Crippen molar-refractivity contribution in [3.63, 3.8) is 0 Å². The van der Waals surface area contributed by atoms with Crippen molar-refractivity contribution in [1.82, 2.24) is 10.6 Å². The fraction of sp³-hybridized carbons (Fsp3) is 0.933. The summed E-state index contributed by atoms with van der Waals surface area (Å²) in [7, 11) is -3.00. The van der Waals surface area contributed by atoms with Gasteiger partial charge < -0.3 is 15.4 Å². The lowest BCUT2D eigenvalue weighted by atomic mass is 10.1. The molecule has 7 heteroatoms. The zero-order chi connectivity index (χ0) is 17.0. The molecule has 130 valence electrons. The third kappa shape index (κ3) is 7.98. The van der Waals surface area contributed by atoms with Gasteiger partial charge in [0.05, 0.1) is 5.75 Å². The molecule has 1 rings (SSSR count). The Kier molecular flexibility index (Phi) is 6.67. The number of hydrogen-bond acceptors (Lipinski definition) is 5. The number of hydrogen-bond donors (Lipinski definition) is 2. The van der Waals surface area contributed by atoms with Crippen molar-refractivity contribution in [2.75, 3.05) is 18.1 Å². The van der Waals surface area contributed by atoms with E-state index in [1.165, 1.54) is 0 Å². The van der Waals surface area contributed by atoms with E-state index in [1.54, 1.807) is 6.92 Å². The number of carbonyl (C=O) groups excluding carboxylic acids is 1. The third-order valence-electron chi connectivity index (χ3n) is 3.50. The van der Waals surface area contributed by atoms with Crippen molar-refractivity contribution >= 4 is 15.9 Å². The Morgan fingerprint density at radius 2 is 1.91 bits per heavy atom. The summed E-state index contributed by atoms with van der Waals surface area (Å²) in [6.45, 7) is 9.44. The number of rotatable bonds is 8. The topological polar surface area (TPSA) is 84.5 Å². The van der Waals surface area contributed by atoms with E-state index in [-0.39, 0.29) is 23.6 Å². The molecule has 1 amide bonds. The van der Waals surface area contributed by atoms with Crippen LogP contribution in [0.25, 0.3) is 0 Å². The van der Waals surface area contributed by atoms with Gasteiger partial charge in [-0.1, -0.05) is 6.92 Å². The summed E-state index contributed by atoms with van der Waals surface area (Å²) in [6, 6.07) is -0.0365. The van der Waals surface area contributed by atoms with E-state index in [1.807, 2.05) is 27.7 Å². The van der Waals surface area contributed by atoms with Crippen molar-refractivity contribution in [1.29, 1.82) is 0 Å². The third-order valence-corrected chi connectivity index (χ3v) is 5.39. The highest BCUT2D eigenvalue weighted by Crippen LogP contribution is 2.32. The van der Waals surface area contributed by atoms with E-state index < -0.39 is 21.5 Å². The van der Waals surface area contributed by atoms with E-state index in [0.717, 1.165) is 12.8 Å². The zero-order valence-electron chi connectivity index (χ0n) is 14.3. The Morgan fingerprint density at radius 1 is 1.32 bits per heavy atom. The zero-order valence-corrected chi connectivity index (χ0v) is 15.1. The second-order valence-electron chi connectivity index (χ2n) is 7.09. The van der Waals surface area contributed by atoms with E-state index >= 15 is 0 Å². The molecule has 0 aromatic rings. The summed E-state index contributed by atoms with van der Waals surface area (Å²) in [5.41, 5.74) is -0.519. The van der Waals surface area contributed by atoms with Crippen LogP contribution in [0.3, 0.4) is 0 Å². The molecule has 6 nitrogen and oxygen atoms in total. The van der Waals surface area contributed by atoms with Crippen molar-refractivity contribution in [3.05, 3.63) is 0 Å². The average Bonchev–Trinajstić information content (AvgIpc) is 3.15. The SMILES string of the molecule is CCS(=O)(=O)CC(C)NC(CNC(=O)OC(C)(C)C)C1CC1. The Hall–Kier alpha value is -0.820. The van der Waals surface area contributed by atoms with Gasteiger partial charge in [-0.3, -0.25) is 0 Å². The van der Waals surface area contributed by atoms with Crippen molar-refractivity contribution in [2.24, 2.45) is 5.92 Å². The van der Waals surface area contributed by atoms with Gasteiger partial charge >= 0.3 is 6.09 Å². The van der Waals surface area contributed by atoms with Crippen LogP contribution < -0.4 is 10.6 Å². The van der Waals surface area contributed by atoms with Crippen LogP contribution in [-0.2, 0) is 14.6 Å². The summed E-state index contributed by atoms with van der Waals surface area (Å²) in [6.07, 6.45) is 1.79. The standard InChI is InChI=1S/C15H30N2O4S/c1-6-22(19,20)10-11(2)17-13(12-7-8-12)9-16-14(18)21-15(3,4)5/h11-13,17H,6-10H2,1-5H3,(H,16,18). The Labute approximate surface area is 134 Å². The second kappa shape index (κ2) is 7.64. The van der Waals surface area contributed by atoms with Crippen LogP contribution in [0.5, 0.6) is 0 Å². The Balaban J connectivity index is 2.44. The molecule has 0 saturated heterocycles. The molecule has 1 saturated carbocycles. The summed E-state index contributed by atoms with van der Waals surface area (Å²) in [4.78, 5) is 11.7. The van der Waals surface area contributed by atoms with Gasteiger partial charge in [0.25, 0.3) is 0 Å². The minimum absolute atomic E-state index is 0.0922. The van der Waals surface area contributed by atoms with Crippen LogP contribution in [0.1, 0.15) is 47.5 Å². The van der Waals surface area contributed by atoms with Gasteiger partial charge in [-0.25, -0.2) is 13.2 Å². The lowest BCUT2D eigenvalue weighted by Gasteiger charge is -2.25. The van der Waals surface area contributed by atoms with E-state index in [0.29, 0.717) is 12.5 Å². The van der Waals surface area contributed by atoms with Crippen molar-refractivity contribution in [3.8, 4) is 0 Å². The smallest absolute Gasteiger partial charge is 0.407 e. The van der Waals surface area contributed by atoms with Gasteiger partial charge in [0.15, 0.2) is 9.84 Å². The first-order valence-electron chi connectivity index (χ1n) is 7.95. The van der Waals surface area contributed by atoms with E-state index in [9.17, 15) is 13.2 Å². The molecular weight excluding hydrogens is 304 g/mol. The van der Waals surface area contributed by atoms with Crippen molar-refractivity contribution < 1.29 is 17.9 Å². The molecule has 0 heterocycles. The summed E-state index contributed by atoms with van der Waals surface area (Å²) >= 11 is 0. The maximum Gasteiger partial charge on any atom is 0.407 e. The minimum Gasteiger partial charge on any atom is -0.444 e. The quantitative estimate of drug-likeness (QED) is 0.706. The van der Waals surface area contributed by atoms with Crippen LogP contribution in [0.15, 0.2) is 0 Å². The fourth-order valence-corrected chi connectivity index (χ4v) is 3.37. The van der Waals surface area contributed by atoms with E-state index in [2.05, 4.69) is 10.6 Å². The van der Waals surface area contributed by atoms with Crippen LogP contribution in [0.2, 0.25) is 0 Å². The van der Waals surface area contributed by atoms with Crippen LogP contribution in [-0.4, -0.2) is 50.2 Å². The molecule has 0 aromatic heterocycles. The van der Waals surface area contributed by atoms with Gasteiger partial charge in [0.2, 0.25) is 0 Å². The lowest BCUT2D eigenvalue weighted by Crippen LogP contribution is -2.48. The van der Waals surface area contributed by atoms with Gasteiger partial charge in [0.1, 0.15) is 5.60 Å². The predicted molar refractivity (Wildman–Crippen MR) is 87.7 cm³/mol. The van der Waals surface area contributed by atoms with Crippen LogP contribution in [0, 0.1) is 5.92 Å². The molecule has 0 radical (unpaired) electrons. The molecule has 1 fully saturated rings. The molecule has 2 unspecified atom stereocenters. The minimum atomic E-state index is -3.00. The molecule has 2 atom stereocenters. The highest BCUT2D eigenvalue weighted by molar-refractivity contribution is 7.91. The first-order chi connectivity index (χ1) is 10.0. The molecule has 1 aliphatic carbocycles. The first kappa shape index (κ1) is 19.2. The average molecular weight is 334 g/mol. The van der Waals surface area contributed by atoms with Crippen LogP contribution in [0.4, 0.5) is 4.79 Å². The molecule has 1 aliphatic rings. The number of amides is 1. The molecular formula is C15H30N2O4S. The van der Waals surface area contributed by atoms with Crippen LogP contribution >= 0.6 is 0 Å². The maximum absolute atomic E-state index is 11.7. The van der Waals surface area contributed by atoms with Gasteiger partial charge in [-0.2, -0.15) is 0 Å². The largest absolute Gasteiger partial charge is 0.444 e. The van der Waals surface area contributed by atoms with Gasteiger partial charge in [0, 0.05) is 24.4 Å². The molecule has 0 aliphatic heterocycles. The normalized spacial score (nSPS) is 18.6. The first-order valence-corrected chi connectivity index (χ1v) is 9.78. The predicted octanol–water partition coefficient (Wildman–Crippen LogP) is 1.70. The molecule has 0 spiro atoms. The molecule has 2 N–H and O–H groups in total. The van der Waals surface area contributed by atoms with Crippen molar-refractivity contribution in [2.45, 2.75) is 65.1 Å². The Morgan fingerprint density at radius 3 is 2.36 bits per heavy atom. The number of carbonyl (C=O) groups is 1. The van der Waals surface area contributed by atoms with Gasteiger partial charge in [-0.15, -0.1) is 0 Å². The summed E-state index contributed by atoms with van der Waals surface area (Å²) in [5, 5.41) is 6.11. The van der Waals surface area contributed by atoms with E-state index in [4.69, 9.17) is 4.74 Å².